The molecule has 38 heavy (non-hydrogen) atoms. The first-order valence-corrected chi connectivity index (χ1v) is 12.7. The third-order valence-electron chi connectivity index (χ3n) is 7.59. The van der Waals surface area contributed by atoms with Gasteiger partial charge in [-0.1, -0.05) is 54.6 Å². The fourth-order valence-corrected chi connectivity index (χ4v) is 5.90. The van der Waals surface area contributed by atoms with Crippen molar-refractivity contribution in [2.45, 2.75) is 0 Å². The van der Waals surface area contributed by atoms with Gasteiger partial charge < -0.3 is 4.98 Å². The zero-order chi connectivity index (χ0) is 24.8. The van der Waals surface area contributed by atoms with Gasteiger partial charge in [0.1, 0.15) is 0 Å². The number of nitrogens with zero attached hydrogens (tertiary/aromatic N) is 5. The maximum Gasteiger partial charge on any atom is 0.220 e. The third-order valence-corrected chi connectivity index (χ3v) is 7.59. The maximum absolute atomic E-state index is 5.14. The number of benzene rings is 5. The highest BCUT2D eigenvalue weighted by Gasteiger charge is 2.17. The van der Waals surface area contributed by atoms with Crippen LogP contribution in [0.4, 0.5) is 0 Å². The monoisotopic (exact) mass is 488 g/mol. The van der Waals surface area contributed by atoms with E-state index in [2.05, 4.69) is 115 Å². The molecule has 0 amide bonds. The van der Waals surface area contributed by atoms with Crippen LogP contribution in [0.3, 0.4) is 0 Å². The average molecular weight is 489 g/mol. The molecule has 6 nitrogen and oxygen atoms in total. The van der Waals surface area contributed by atoms with Gasteiger partial charge in [0.2, 0.25) is 11.6 Å². The fourth-order valence-electron chi connectivity index (χ4n) is 5.90. The van der Waals surface area contributed by atoms with Crippen molar-refractivity contribution in [1.82, 2.24) is 28.3 Å². The molecule has 9 rings (SSSR count). The SMILES string of the molecule is c1ccc(-n2c3ccccc3n3c4ccc(-c5ccc6c(c5)[nH]c5nc7ccccc7n56)cc4nc23)cc1. The molecule has 6 heteroatoms. The smallest absolute Gasteiger partial charge is 0.220 e. The summed E-state index contributed by atoms with van der Waals surface area (Å²) in [6.07, 6.45) is 0. The summed E-state index contributed by atoms with van der Waals surface area (Å²) < 4.78 is 6.68. The summed E-state index contributed by atoms with van der Waals surface area (Å²) in [6.45, 7) is 0. The van der Waals surface area contributed by atoms with Gasteiger partial charge in [-0.2, -0.15) is 0 Å². The van der Waals surface area contributed by atoms with Crippen molar-refractivity contribution in [1.29, 1.82) is 0 Å². The molecule has 178 valence electrons. The van der Waals surface area contributed by atoms with Gasteiger partial charge in [-0.15, -0.1) is 0 Å². The first-order valence-electron chi connectivity index (χ1n) is 12.7. The zero-order valence-corrected chi connectivity index (χ0v) is 20.2. The highest BCUT2D eigenvalue weighted by atomic mass is 15.2. The number of rotatable bonds is 2. The molecular formula is C32H20N6. The predicted molar refractivity (Wildman–Crippen MR) is 153 cm³/mol. The van der Waals surface area contributed by atoms with E-state index < -0.39 is 0 Å². The fraction of sp³-hybridized carbons (Fsp3) is 0. The molecule has 0 saturated carbocycles. The van der Waals surface area contributed by atoms with E-state index in [1.54, 1.807) is 0 Å². The number of aromatic nitrogens is 6. The highest BCUT2D eigenvalue weighted by molar-refractivity contribution is 5.95. The lowest BCUT2D eigenvalue weighted by atomic mass is 10.0. The van der Waals surface area contributed by atoms with Crippen LogP contribution in [0.2, 0.25) is 0 Å². The minimum atomic E-state index is 0.860. The number of hydrogen-bond donors (Lipinski definition) is 1. The Kier molecular flexibility index (Phi) is 3.70. The molecule has 9 aromatic rings. The van der Waals surface area contributed by atoms with Crippen LogP contribution in [0, 0.1) is 0 Å². The van der Waals surface area contributed by atoms with Gasteiger partial charge in [-0.25, -0.2) is 9.97 Å². The first kappa shape index (κ1) is 19.8. The van der Waals surface area contributed by atoms with Crippen LogP contribution in [0.1, 0.15) is 0 Å². The number of fused-ring (bicyclic) bond motifs is 10. The Morgan fingerprint density at radius 1 is 0.500 bits per heavy atom. The zero-order valence-electron chi connectivity index (χ0n) is 20.2. The van der Waals surface area contributed by atoms with E-state index in [1.165, 1.54) is 0 Å². The topological polar surface area (TPSA) is 55.3 Å². The van der Waals surface area contributed by atoms with Crippen LogP contribution >= 0.6 is 0 Å². The summed E-state index contributed by atoms with van der Waals surface area (Å²) >= 11 is 0. The number of aromatic amines is 1. The molecule has 0 aliphatic rings. The molecule has 0 aliphatic heterocycles. The largest absolute Gasteiger partial charge is 0.323 e. The molecule has 1 N–H and O–H groups in total. The Morgan fingerprint density at radius 2 is 1.18 bits per heavy atom. The van der Waals surface area contributed by atoms with E-state index >= 15 is 0 Å². The molecular weight excluding hydrogens is 468 g/mol. The molecule has 4 heterocycles. The Balaban J connectivity index is 1.25. The molecule has 0 unspecified atom stereocenters. The van der Waals surface area contributed by atoms with Crippen molar-refractivity contribution >= 4 is 55.7 Å². The van der Waals surface area contributed by atoms with Crippen molar-refractivity contribution in [2.75, 3.05) is 0 Å². The molecule has 4 aromatic heterocycles. The van der Waals surface area contributed by atoms with Crippen LogP contribution in [-0.2, 0) is 0 Å². The number of H-pyrrole nitrogens is 1. The molecule has 0 radical (unpaired) electrons. The van der Waals surface area contributed by atoms with Crippen molar-refractivity contribution in [3.05, 3.63) is 115 Å². The number of imidazole rings is 4. The van der Waals surface area contributed by atoms with Gasteiger partial charge in [0.15, 0.2) is 0 Å². The Bertz CT molecular complexity index is 2350. The molecule has 0 spiro atoms. The van der Waals surface area contributed by atoms with Crippen molar-refractivity contribution in [2.24, 2.45) is 0 Å². The second-order valence-corrected chi connectivity index (χ2v) is 9.73. The van der Waals surface area contributed by atoms with Crippen LogP contribution in [0.5, 0.6) is 0 Å². The van der Waals surface area contributed by atoms with E-state index in [1.807, 2.05) is 18.2 Å². The molecule has 0 aliphatic carbocycles. The Labute approximate surface area is 216 Å². The molecule has 0 fully saturated rings. The van der Waals surface area contributed by atoms with Gasteiger partial charge in [0, 0.05) is 5.69 Å². The number of nitrogens with one attached hydrogen (secondary N) is 1. The lowest BCUT2D eigenvalue weighted by molar-refractivity contribution is 1.11. The normalized spacial score (nSPS) is 12.2. The van der Waals surface area contributed by atoms with Crippen LogP contribution < -0.4 is 0 Å². The summed E-state index contributed by atoms with van der Waals surface area (Å²) in [7, 11) is 0. The summed E-state index contributed by atoms with van der Waals surface area (Å²) in [5, 5.41) is 0. The predicted octanol–water partition coefficient (Wildman–Crippen LogP) is 7.38. The second kappa shape index (κ2) is 7.11. The van der Waals surface area contributed by atoms with E-state index in [0.717, 1.165) is 72.5 Å². The summed E-state index contributed by atoms with van der Waals surface area (Å²) in [4.78, 5) is 13.4. The molecule has 0 saturated heterocycles. The minimum Gasteiger partial charge on any atom is -0.323 e. The third kappa shape index (κ3) is 2.56. The van der Waals surface area contributed by atoms with E-state index in [-0.39, 0.29) is 0 Å². The van der Waals surface area contributed by atoms with Gasteiger partial charge >= 0.3 is 0 Å². The average Bonchev–Trinajstić information content (AvgIpc) is 3.69. The van der Waals surface area contributed by atoms with Gasteiger partial charge in [0.25, 0.3) is 0 Å². The molecule has 5 aromatic carbocycles. The second-order valence-electron chi connectivity index (χ2n) is 9.73. The van der Waals surface area contributed by atoms with E-state index in [4.69, 9.17) is 9.97 Å². The molecule has 0 bridgehead atoms. The summed E-state index contributed by atoms with van der Waals surface area (Å²) in [6, 6.07) is 40.3. The van der Waals surface area contributed by atoms with Crippen LogP contribution in [0.15, 0.2) is 115 Å². The standard InChI is InChI=1S/C32H20N6/c1-2-8-22(9-3-1)36-29-12-6-7-13-30(29)38-28-17-15-21(19-25(28)35-32(36)38)20-14-16-27-24(18-20)34-31-33-23-10-4-5-11-26(23)37(27)31/h1-19H,(H,33,34). The van der Waals surface area contributed by atoms with Crippen molar-refractivity contribution in [3.8, 4) is 16.8 Å². The van der Waals surface area contributed by atoms with Gasteiger partial charge in [-0.05, 0) is 71.8 Å². The van der Waals surface area contributed by atoms with E-state index in [0.29, 0.717) is 0 Å². The van der Waals surface area contributed by atoms with Crippen molar-refractivity contribution < 1.29 is 0 Å². The first-order chi connectivity index (χ1) is 18.8. The lowest BCUT2D eigenvalue weighted by Crippen LogP contribution is -1.94. The lowest BCUT2D eigenvalue weighted by Gasteiger charge is -2.04. The van der Waals surface area contributed by atoms with E-state index in [9.17, 15) is 0 Å². The summed E-state index contributed by atoms with van der Waals surface area (Å²) in [5.41, 5.74) is 12.0. The molecule has 0 atom stereocenters. The van der Waals surface area contributed by atoms with Gasteiger partial charge in [-0.3, -0.25) is 13.4 Å². The summed E-state index contributed by atoms with van der Waals surface area (Å²) in [5.74, 6) is 1.77. The quantitative estimate of drug-likeness (QED) is 0.276. The minimum absolute atomic E-state index is 0.860. The van der Waals surface area contributed by atoms with Crippen LogP contribution in [-0.4, -0.2) is 28.3 Å². The highest BCUT2D eigenvalue weighted by Crippen LogP contribution is 2.33. The Hall–Kier alpha value is -5.36. The Morgan fingerprint density at radius 3 is 2.05 bits per heavy atom. The van der Waals surface area contributed by atoms with Gasteiger partial charge in [0.05, 0.1) is 44.1 Å². The maximum atomic E-state index is 5.14. The van der Waals surface area contributed by atoms with Crippen molar-refractivity contribution in [3.63, 3.8) is 0 Å². The number of hydrogen-bond acceptors (Lipinski definition) is 2. The number of para-hydroxylation sites is 5. The van der Waals surface area contributed by atoms with Crippen LogP contribution in [0.25, 0.3) is 72.5 Å².